The van der Waals surface area contributed by atoms with Crippen LogP contribution in [0.25, 0.3) is 0 Å². The predicted molar refractivity (Wildman–Crippen MR) is 91.5 cm³/mol. The molecule has 0 fully saturated rings. The van der Waals surface area contributed by atoms with Crippen LogP contribution in [-0.2, 0) is 11.2 Å². The topological polar surface area (TPSA) is 80.5 Å². The SMILES string of the molecule is COc1cc(N)ccc1NC(=O)CN(C)CCc1ccncc1. The third kappa shape index (κ3) is 5.27. The number of nitrogens with zero attached hydrogens (tertiary/aromatic N) is 2. The molecule has 1 heterocycles. The largest absolute Gasteiger partial charge is 0.494 e. The zero-order chi connectivity index (χ0) is 16.7. The van der Waals surface area contributed by atoms with Crippen LogP contribution in [0.5, 0.6) is 5.75 Å². The van der Waals surface area contributed by atoms with Crippen LogP contribution in [0.4, 0.5) is 11.4 Å². The number of carbonyl (C=O) groups is 1. The van der Waals surface area contributed by atoms with Crippen LogP contribution in [0.1, 0.15) is 5.56 Å². The van der Waals surface area contributed by atoms with Gasteiger partial charge in [0.05, 0.1) is 19.3 Å². The van der Waals surface area contributed by atoms with Gasteiger partial charge in [-0.15, -0.1) is 0 Å². The van der Waals surface area contributed by atoms with Crippen molar-refractivity contribution in [2.24, 2.45) is 0 Å². The monoisotopic (exact) mass is 314 g/mol. The first-order valence-electron chi connectivity index (χ1n) is 7.39. The molecule has 0 saturated carbocycles. The average molecular weight is 314 g/mol. The molecule has 2 aromatic rings. The highest BCUT2D eigenvalue weighted by Crippen LogP contribution is 2.26. The molecule has 3 N–H and O–H groups in total. The summed E-state index contributed by atoms with van der Waals surface area (Å²) in [6.45, 7) is 1.09. The summed E-state index contributed by atoms with van der Waals surface area (Å²) in [5, 5.41) is 2.85. The Labute approximate surface area is 136 Å². The van der Waals surface area contributed by atoms with E-state index in [0.717, 1.165) is 13.0 Å². The van der Waals surface area contributed by atoms with Crippen molar-refractivity contribution < 1.29 is 9.53 Å². The summed E-state index contributed by atoms with van der Waals surface area (Å²) in [6, 6.07) is 9.11. The maximum absolute atomic E-state index is 12.1. The summed E-state index contributed by atoms with van der Waals surface area (Å²) in [6.07, 6.45) is 4.42. The standard InChI is InChI=1S/C17H22N4O2/c1-21(10-7-13-5-8-19-9-6-13)12-17(22)20-15-4-3-14(18)11-16(15)23-2/h3-6,8-9,11H,7,10,12,18H2,1-2H3,(H,20,22). The maximum Gasteiger partial charge on any atom is 0.238 e. The highest BCUT2D eigenvalue weighted by Gasteiger charge is 2.10. The maximum atomic E-state index is 12.1. The number of ether oxygens (including phenoxy) is 1. The van der Waals surface area contributed by atoms with Crippen molar-refractivity contribution in [2.75, 3.05) is 38.3 Å². The number of rotatable bonds is 7. The number of nitrogens with one attached hydrogen (secondary N) is 1. The summed E-state index contributed by atoms with van der Waals surface area (Å²) < 4.78 is 5.22. The Hall–Kier alpha value is -2.60. The first-order chi connectivity index (χ1) is 11.1. The van der Waals surface area contributed by atoms with Crippen molar-refractivity contribution in [1.29, 1.82) is 0 Å². The fourth-order valence-electron chi connectivity index (χ4n) is 2.19. The normalized spacial score (nSPS) is 10.6. The number of benzene rings is 1. The quantitative estimate of drug-likeness (QED) is 0.762. The van der Waals surface area contributed by atoms with E-state index in [4.69, 9.17) is 10.5 Å². The van der Waals surface area contributed by atoms with Gasteiger partial charge in [0.15, 0.2) is 0 Å². The van der Waals surface area contributed by atoms with Crippen LogP contribution in [-0.4, -0.2) is 43.0 Å². The van der Waals surface area contributed by atoms with Crippen molar-refractivity contribution in [3.63, 3.8) is 0 Å². The molecule has 0 radical (unpaired) electrons. The van der Waals surface area contributed by atoms with Crippen LogP contribution in [0, 0.1) is 0 Å². The van der Waals surface area contributed by atoms with Gasteiger partial charge in [-0.2, -0.15) is 0 Å². The van der Waals surface area contributed by atoms with Gasteiger partial charge < -0.3 is 15.8 Å². The lowest BCUT2D eigenvalue weighted by atomic mass is 10.2. The third-order valence-electron chi connectivity index (χ3n) is 3.44. The minimum absolute atomic E-state index is 0.0923. The van der Waals surface area contributed by atoms with Crippen molar-refractivity contribution in [3.05, 3.63) is 48.3 Å². The highest BCUT2D eigenvalue weighted by molar-refractivity contribution is 5.94. The van der Waals surface area contributed by atoms with E-state index in [1.54, 1.807) is 37.7 Å². The Morgan fingerprint density at radius 2 is 2.04 bits per heavy atom. The van der Waals surface area contributed by atoms with Gasteiger partial charge in [-0.25, -0.2) is 0 Å². The third-order valence-corrected chi connectivity index (χ3v) is 3.44. The molecule has 0 spiro atoms. The number of aromatic nitrogens is 1. The summed E-state index contributed by atoms with van der Waals surface area (Å²) >= 11 is 0. The summed E-state index contributed by atoms with van der Waals surface area (Å²) in [7, 11) is 3.46. The van der Waals surface area contributed by atoms with E-state index in [-0.39, 0.29) is 5.91 Å². The smallest absolute Gasteiger partial charge is 0.238 e. The zero-order valence-electron chi connectivity index (χ0n) is 13.5. The van der Waals surface area contributed by atoms with Gasteiger partial charge in [0.25, 0.3) is 0 Å². The van der Waals surface area contributed by atoms with Crippen molar-refractivity contribution >= 4 is 17.3 Å². The average Bonchev–Trinajstić information content (AvgIpc) is 2.55. The second-order valence-electron chi connectivity index (χ2n) is 5.35. The number of likely N-dealkylation sites (N-methyl/N-ethyl adjacent to an activating group) is 1. The number of hydrogen-bond acceptors (Lipinski definition) is 5. The number of nitrogens with two attached hydrogens (primary N) is 1. The fraction of sp³-hybridized carbons (Fsp3) is 0.294. The molecule has 122 valence electrons. The van der Waals surface area contributed by atoms with Gasteiger partial charge in [0.1, 0.15) is 5.75 Å². The Balaban J connectivity index is 1.84. The number of hydrogen-bond donors (Lipinski definition) is 2. The highest BCUT2D eigenvalue weighted by atomic mass is 16.5. The molecule has 0 atom stereocenters. The first-order valence-corrected chi connectivity index (χ1v) is 7.39. The number of methoxy groups -OCH3 is 1. The molecule has 0 aliphatic heterocycles. The van der Waals surface area contributed by atoms with Crippen LogP contribution in [0.15, 0.2) is 42.7 Å². The summed E-state index contributed by atoms with van der Waals surface area (Å²) in [5.41, 5.74) is 8.12. The van der Waals surface area contributed by atoms with Crippen LogP contribution >= 0.6 is 0 Å². The number of nitrogen functional groups attached to an aromatic ring is 1. The van der Waals surface area contributed by atoms with Gasteiger partial charge in [-0.3, -0.25) is 14.7 Å². The van der Waals surface area contributed by atoms with Crippen molar-refractivity contribution in [2.45, 2.75) is 6.42 Å². The van der Waals surface area contributed by atoms with Gasteiger partial charge in [-0.05, 0) is 43.3 Å². The predicted octanol–water partition coefficient (Wildman–Crippen LogP) is 1.79. The first kappa shape index (κ1) is 16.8. The molecule has 23 heavy (non-hydrogen) atoms. The number of carbonyl (C=O) groups excluding carboxylic acids is 1. The van der Waals surface area contributed by atoms with E-state index in [2.05, 4.69) is 10.3 Å². The minimum atomic E-state index is -0.0923. The Morgan fingerprint density at radius 3 is 2.74 bits per heavy atom. The second-order valence-corrected chi connectivity index (χ2v) is 5.35. The molecule has 2 rings (SSSR count). The van der Waals surface area contributed by atoms with E-state index >= 15 is 0 Å². The Kier molecular flexibility index (Phi) is 5.94. The van der Waals surface area contributed by atoms with Gasteiger partial charge in [0.2, 0.25) is 5.91 Å². The minimum Gasteiger partial charge on any atom is -0.494 e. The lowest BCUT2D eigenvalue weighted by molar-refractivity contribution is -0.117. The van der Waals surface area contributed by atoms with Gasteiger partial charge in [-0.1, -0.05) is 0 Å². The van der Waals surface area contributed by atoms with Crippen LogP contribution < -0.4 is 15.8 Å². The summed E-state index contributed by atoms with van der Waals surface area (Å²) in [4.78, 5) is 18.1. The number of amides is 1. The lowest BCUT2D eigenvalue weighted by Gasteiger charge is -2.17. The van der Waals surface area contributed by atoms with Crippen LogP contribution in [0.2, 0.25) is 0 Å². The van der Waals surface area contributed by atoms with Crippen molar-refractivity contribution in [1.82, 2.24) is 9.88 Å². The lowest BCUT2D eigenvalue weighted by Crippen LogP contribution is -2.31. The molecular formula is C17H22N4O2. The molecule has 0 saturated heterocycles. The van der Waals surface area contributed by atoms with E-state index in [1.807, 2.05) is 24.1 Å². The molecule has 0 aliphatic carbocycles. The molecule has 0 aliphatic rings. The molecule has 0 unspecified atom stereocenters. The van der Waals surface area contributed by atoms with Gasteiger partial charge in [0, 0.05) is 30.7 Å². The Bertz CT molecular complexity index is 646. The summed E-state index contributed by atoms with van der Waals surface area (Å²) in [5.74, 6) is 0.461. The Morgan fingerprint density at radius 1 is 1.30 bits per heavy atom. The molecule has 6 heteroatoms. The molecule has 1 aromatic carbocycles. The molecule has 1 amide bonds. The number of anilines is 2. The van der Waals surface area contributed by atoms with E-state index in [0.29, 0.717) is 23.7 Å². The number of pyridine rings is 1. The van der Waals surface area contributed by atoms with E-state index in [9.17, 15) is 4.79 Å². The molecule has 6 nitrogen and oxygen atoms in total. The van der Waals surface area contributed by atoms with E-state index < -0.39 is 0 Å². The molecular weight excluding hydrogens is 292 g/mol. The fourth-order valence-corrected chi connectivity index (χ4v) is 2.19. The van der Waals surface area contributed by atoms with Crippen molar-refractivity contribution in [3.8, 4) is 5.75 Å². The second kappa shape index (κ2) is 8.14. The molecule has 1 aromatic heterocycles. The molecule has 0 bridgehead atoms. The van der Waals surface area contributed by atoms with Crippen LogP contribution in [0.3, 0.4) is 0 Å². The van der Waals surface area contributed by atoms with E-state index in [1.165, 1.54) is 5.56 Å². The zero-order valence-corrected chi connectivity index (χ0v) is 13.5. The van der Waals surface area contributed by atoms with Gasteiger partial charge >= 0.3 is 0 Å².